The molecule has 1 aromatic carbocycles. The van der Waals surface area contributed by atoms with E-state index < -0.39 is 24.0 Å². The summed E-state index contributed by atoms with van der Waals surface area (Å²) in [6.45, 7) is 1.44. The number of methoxy groups -OCH3 is 1. The number of aryl methyl sites for hydroxylation is 1. The van der Waals surface area contributed by atoms with Crippen molar-refractivity contribution in [1.82, 2.24) is 25.5 Å². The molecule has 134 valence electrons. The third-order valence-electron chi connectivity index (χ3n) is 3.62. The Kier molecular flexibility index (Phi) is 6.12. The predicted octanol–water partition coefficient (Wildman–Crippen LogP) is 0.120. The minimum atomic E-state index is -1.18. The topological polar surface area (TPSA) is 119 Å². The molecule has 0 bridgehead atoms. The molecular formula is C15H18FN5O4. The Morgan fingerprint density at radius 2 is 2.04 bits per heavy atom. The van der Waals surface area contributed by atoms with Crippen molar-refractivity contribution in [2.75, 3.05) is 13.7 Å². The maximum absolute atomic E-state index is 13.1. The number of carboxylic acids is 1. The van der Waals surface area contributed by atoms with Gasteiger partial charge in [-0.15, -0.1) is 5.10 Å². The molecule has 1 amide bonds. The predicted molar refractivity (Wildman–Crippen MR) is 83.1 cm³/mol. The number of tetrazole rings is 1. The summed E-state index contributed by atoms with van der Waals surface area (Å²) < 4.78 is 19.2. The van der Waals surface area contributed by atoms with Crippen molar-refractivity contribution in [1.29, 1.82) is 0 Å². The molecule has 0 radical (unpaired) electrons. The molecule has 2 unspecified atom stereocenters. The van der Waals surface area contributed by atoms with Gasteiger partial charge in [0.1, 0.15) is 17.7 Å². The number of amides is 1. The first-order chi connectivity index (χ1) is 11.9. The third-order valence-corrected chi connectivity index (χ3v) is 3.62. The van der Waals surface area contributed by atoms with Gasteiger partial charge in [-0.2, -0.15) is 0 Å². The van der Waals surface area contributed by atoms with E-state index in [0.717, 1.165) is 0 Å². The lowest BCUT2D eigenvalue weighted by molar-refractivity contribution is -0.148. The van der Waals surface area contributed by atoms with Crippen LogP contribution in [-0.2, 0) is 20.7 Å². The third kappa shape index (κ3) is 4.80. The molecule has 25 heavy (non-hydrogen) atoms. The van der Waals surface area contributed by atoms with Crippen LogP contribution in [0.4, 0.5) is 4.39 Å². The first-order valence-corrected chi connectivity index (χ1v) is 7.44. The van der Waals surface area contributed by atoms with E-state index in [9.17, 15) is 14.0 Å². The number of aliphatic carboxylic acids is 1. The zero-order chi connectivity index (χ0) is 18.4. The van der Waals surface area contributed by atoms with Crippen LogP contribution in [0.3, 0.4) is 0 Å². The van der Waals surface area contributed by atoms with Crippen LogP contribution in [0.1, 0.15) is 17.4 Å². The van der Waals surface area contributed by atoms with Crippen molar-refractivity contribution < 1.29 is 23.8 Å². The lowest BCUT2D eigenvalue weighted by Gasteiger charge is -2.19. The molecular weight excluding hydrogens is 333 g/mol. The highest BCUT2D eigenvalue weighted by atomic mass is 19.1. The number of nitrogens with zero attached hydrogens (tertiary/aromatic N) is 4. The van der Waals surface area contributed by atoms with E-state index in [1.54, 1.807) is 19.1 Å². The number of hydrogen-bond acceptors (Lipinski definition) is 6. The zero-order valence-corrected chi connectivity index (χ0v) is 13.7. The van der Waals surface area contributed by atoms with Crippen molar-refractivity contribution in [3.63, 3.8) is 0 Å². The SMILES string of the molecule is COC(CNC(=O)C(Cc1ccc(F)cc1)n1nnnc1C)C(=O)O. The molecule has 2 N–H and O–H groups in total. The number of carbonyl (C=O) groups excluding carboxylic acids is 1. The van der Waals surface area contributed by atoms with E-state index >= 15 is 0 Å². The van der Waals surface area contributed by atoms with Gasteiger partial charge in [-0.05, 0) is 35.0 Å². The van der Waals surface area contributed by atoms with Gasteiger partial charge in [-0.3, -0.25) is 4.79 Å². The van der Waals surface area contributed by atoms with Crippen molar-refractivity contribution in [2.45, 2.75) is 25.5 Å². The Hall–Kier alpha value is -2.88. The van der Waals surface area contributed by atoms with E-state index in [1.165, 1.54) is 23.9 Å². The van der Waals surface area contributed by atoms with E-state index in [0.29, 0.717) is 11.4 Å². The number of aromatic nitrogens is 4. The van der Waals surface area contributed by atoms with Gasteiger partial charge in [0.15, 0.2) is 6.10 Å². The normalized spacial score (nSPS) is 13.2. The molecule has 0 fully saturated rings. The lowest BCUT2D eigenvalue weighted by Crippen LogP contribution is -2.42. The van der Waals surface area contributed by atoms with Crippen molar-refractivity contribution >= 4 is 11.9 Å². The number of rotatable bonds is 8. The van der Waals surface area contributed by atoms with Gasteiger partial charge in [0.05, 0.1) is 6.54 Å². The minimum Gasteiger partial charge on any atom is -0.479 e. The Balaban J connectivity index is 2.16. The summed E-state index contributed by atoms with van der Waals surface area (Å²) in [6, 6.07) is 4.89. The molecule has 1 aromatic heterocycles. The van der Waals surface area contributed by atoms with Crippen LogP contribution in [0.2, 0.25) is 0 Å². The number of carbonyl (C=O) groups is 2. The summed E-state index contributed by atoms with van der Waals surface area (Å²) in [5.41, 5.74) is 0.706. The highest BCUT2D eigenvalue weighted by Crippen LogP contribution is 2.15. The fourth-order valence-electron chi connectivity index (χ4n) is 2.24. The minimum absolute atomic E-state index is 0.203. The quantitative estimate of drug-likeness (QED) is 0.693. The van der Waals surface area contributed by atoms with Crippen molar-refractivity contribution in [2.24, 2.45) is 0 Å². The molecule has 0 aliphatic carbocycles. The van der Waals surface area contributed by atoms with Crippen LogP contribution in [0.5, 0.6) is 0 Å². The molecule has 0 aliphatic rings. The Morgan fingerprint density at radius 1 is 1.36 bits per heavy atom. The molecule has 2 aromatic rings. The van der Waals surface area contributed by atoms with Gasteiger partial charge in [-0.25, -0.2) is 13.9 Å². The number of benzene rings is 1. The maximum Gasteiger partial charge on any atom is 0.334 e. The van der Waals surface area contributed by atoms with Crippen molar-refractivity contribution in [3.05, 3.63) is 41.5 Å². The number of carboxylic acid groups (broad SMARTS) is 1. The summed E-state index contributed by atoms with van der Waals surface area (Å²) in [4.78, 5) is 23.5. The second kappa shape index (κ2) is 8.29. The Bertz CT molecular complexity index is 734. The van der Waals surface area contributed by atoms with Crippen LogP contribution in [0.25, 0.3) is 0 Å². The molecule has 0 aliphatic heterocycles. The van der Waals surface area contributed by atoms with Crippen LogP contribution in [-0.4, -0.2) is 56.9 Å². The highest BCUT2D eigenvalue weighted by Gasteiger charge is 2.26. The van der Waals surface area contributed by atoms with Crippen molar-refractivity contribution in [3.8, 4) is 0 Å². The summed E-state index contributed by atoms with van der Waals surface area (Å²) in [5.74, 6) is -1.61. The number of ether oxygens (including phenoxy) is 1. The summed E-state index contributed by atoms with van der Waals surface area (Å²) in [7, 11) is 1.24. The van der Waals surface area contributed by atoms with Gasteiger partial charge >= 0.3 is 5.97 Å². The van der Waals surface area contributed by atoms with E-state index in [4.69, 9.17) is 9.84 Å². The largest absolute Gasteiger partial charge is 0.479 e. The number of hydrogen-bond donors (Lipinski definition) is 2. The summed E-state index contributed by atoms with van der Waals surface area (Å²) in [6.07, 6.45) is -0.951. The monoisotopic (exact) mass is 351 g/mol. The number of nitrogens with one attached hydrogen (secondary N) is 1. The average Bonchev–Trinajstić information content (AvgIpc) is 3.00. The number of halogens is 1. The fourth-order valence-corrected chi connectivity index (χ4v) is 2.24. The smallest absolute Gasteiger partial charge is 0.334 e. The molecule has 10 heteroatoms. The molecule has 9 nitrogen and oxygen atoms in total. The first kappa shape index (κ1) is 18.5. The molecule has 2 rings (SSSR count). The van der Waals surface area contributed by atoms with Gasteiger partial charge < -0.3 is 15.2 Å². The fraction of sp³-hybridized carbons (Fsp3) is 0.400. The Morgan fingerprint density at radius 3 is 2.56 bits per heavy atom. The second-order valence-electron chi connectivity index (χ2n) is 5.32. The lowest BCUT2D eigenvalue weighted by atomic mass is 10.1. The van der Waals surface area contributed by atoms with Crippen LogP contribution >= 0.6 is 0 Å². The van der Waals surface area contributed by atoms with Gasteiger partial charge in [-0.1, -0.05) is 12.1 Å². The first-order valence-electron chi connectivity index (χ1n) is 7.44. The zero-order valence-electron chi connectivity index (χ0n) is 13.7. The molecule has 2 atom stereocenters. The van der Waals surface area contributed by atoms with E-state index in [1.807, 2.05) is 0 Å². The van der Waals surface area contributed by atoms with Gasteiger partial charge in [0.2, 0.25) is 5.91 Å². The molecule has 1 heterocycles. The molecule has 0 saturated carbocycles. The second-order valence-corrected chi connectivity index (χ2v) is 5.32. The van der Waals surface area contributed by atoms with Gasteiger partial charge in [0, 0.05) is 13.5 Å². The molecule has 0 spiro atoms. The van der Waals surface area contributed by atoms with Crippen LogP contribution in [0, 0.1) is 12.7 Å². The van der Waals surface area contributed by atoms with Gasteiger partial charge in [0.25, 0.3) is 0 Å². The Labute approximate surface area is 142 Å². The maximum atomic E-state index is 13.1. The standard InChI is InChI=1S/C15H18FN5O4/c1-9-18-19-20-21(9)12(7-10-3-5-11(16)6-4-10)14(22)17-8-13(25-2)15(23)24/h3-6,12-13H,7-8H2,1-2H3,(H,17,22)(H,23,24). The van der Waals surface area contributed by atoms with E-state index in [-0.39, 0.29) is 18.8 Å². The summed E-state index contributed by atoms with van der Waals surface area (Å²) in [5, 5.41) is 22.6. The molecule has 0 saturated heterocycles. The van der Waals surface area contributed by atoms with E-state index in [2.05, 4.69) is 20.8 Å². The van der Waals surface area contributed by atoms with Crippen LogP contribution < -0.4 is 5.32 Å². The average molecular weight is 351 g/mol. The summed E-state index contributed by atoms with van der Waals surface area (Å²) >= 11 is 0. The van der Waals surface area contributed by atoms with Crippen LogP contribution in [0.15, 0.2) is 24.3 Å². The highest BCUT2D eigenvalue weighted by molar-refractivity contribution is 5.81.